The Kier molecular flexibility index (Phi) is 4.16. The van der Waals surface area contributed by atoms with Crippen molar-refractivity contribution in [3.8, 4) is 17.2 Å². The summed E-state index contributed by atoms with van der Waals surface area (Å²) in [6.07, 6.45) is 3.88. The number of hydrogen-bond donors (Lipinski definition) is 1. The number of likely N-dealkylation sites (N-methyl/N-ethyl adjacent to an activating group) is 1. The van der Waals surface area contributed by atoms with Gasteiger partial charge in [-0.3, -0.25) is 0 Å². The average Bonchev–Trinajstić information content (AvgIpc) is 3.02. The van der Waals surface area contributed by atoms with Crippen LogP contribution in [0.15, 0.2) is 41.4 Å². The molecule has 1 saturated carbocycles. The molecule has 5 rings (SSSR count). The van der Waals surface area contributed by atoms with Crippen molar-refractivity contribution in [2.75, 3.05) is 20.7 Å². The Hall–Kier alpha value is -2.91. The highest BCUT2D eigenvalue weighted by atomic mass is 19.1. The molecule has 0 bridgehead atoms. The molecular formula is C24H25FN4O. The number of fused-ring (bicyclic) bond motifs is 1. The van der Waals surface area contributed by atoms with Crippen LogP contribution in [0.5, 0.6) is 0 Å². The SMILES string of the molecule is COC1CCC23Cc4ccc(-c5ccc(F)c(C#N)c5)cc4C2(C1)CN(C)C(N)=N3. The molecule has 0 amide bonds. The Morgan fingerprint density at radius 3 is 2.80 bits per heavy atom. The van der Waals surface area contributed by atoms with E-state index >= 15 is 0 Å². The maximum Gasteiger partial charge on any atom is 0.191 e. The van der Waals surface area contributed by atoms with Crippen LogP contribution in [0.1, 0.15) is 36.0 Å². The molecule has 3 atom stereocenters. The molecule has 2 aromatic carbocycles. The molecule has 6 heteroatoms. The molecule has 2 aliphatic carbocycles. The van der Waals surface area contributed by atoms with E-state index in [9.17, 15) is 9.65 Å². The van der Waals surface area contributed by atoms with E-state index in [1.165, 1.54) is 17.2 Å². The van der Waals surface area contributed by atoms with Crippen molar-refractivity contribution < 1.29 is 9.13 Å². The topological polar surface area (TPSA) is 74.6 Å². The average molecular weight is 404 g/mol. The molecule has 2 N–H and O–H groups in total. The van der Waals surface area contributed by atoms with Crippen LogP contribution in [0.4, 0.5) is 4.39 Å². The number of aliphatic imine (C=N–C) groups is 1. The monoisotopic (exact) mass is 404 g/mol. The summed E-state index contributed by atoms with van der Waals surface area (Å²) in [5.74, 6) is 0.112. The summed E-state index contributed by atoms with van der Waals surface area (Å²) in [5.41, 5.74) is 10.3. The van der Waals surface area contributed by atoms with Crippen LogP contribution in [0.25, 0.3) is 11.1 Å². The van der Waals surface area contributed by atoms with Gasteiger partial charge in [-0.1, -0.05) is 24.3 Å². The van der Waals surface area contributed by atoms with Crippen molar-refractivity contribution in [3.63, 3.8) is 0 Å². The van der Waals surface area contributed by atoms with Crippen LogP contribution in [-0.4, -0.2) is 43.2 Å². The highest BCUT2D eigenvalue weighted by Crippen LogP contribution is 2.58. The van der Waals surface area contributed by atoms with Gasteiger partial charge in [0, 0.05) is 26.1 Å². The van der Waals surface area contributed by atoms with Crippen LogP contribution in [0, 0.1) is 17.1 Å². The minimum absolute atomic E-state index is 0.0624. The Bertz CT molecular complexity index is 1110. The van der Waals surface area contributed by atoms with E-state index in [4.69, 9.17) is 15.5 Å². The third-order valence-electron chi connectivity index (χ3n) is 7.44. The Labute approximate surface area is 176 Å². The Morgan fingerprint density at radius 1 is 1.27 bits per heavy atom. The normalized spacial score (nSPS) is 29.5. The van der Waals surface area contributed by atoms with Crippen LogP contribution in [0.3, 0.4) is 0 Å². The fraction of sp³-hybridized carbons (Fsp3) is 0.417. The van der Waals surface area contributed by atoms with Crippen molar-refractivity contribution in [2.45, 2.75) is 42.7 Å². The van der Waals surface area contributed by atoms with Crippen molar-refractivity contribution in [1.29, 1.82) is 5.26 Å². The third-order valence-corrected chi connectivity index (χ3v) is 7.44. The first-order valence-corrected chi connectivity index (χ1v) is 10.3. The van der Waals surface area contributed by atoms with Crippen molar-refractivity contribution in [1.82, 2.24) is 4.90 Å². The quantitative estimate of drug-likeness (QED) is 0.833. The zero-order valence-corrected chi connectivity index (χ0v) is 17.3. The Morgan fingerprint density at radius 2 is 2.03 bits per heavy atom. The number of ether oxygens (including phenoxy) is 1. The van der Waals surface area contributed by atoms with Gasteiger partial charge < -0.3 is 15.4 Å². The summed E-state index contributed by atoms with van der Waals surface area (Å²) >= 11 is 0. The van der Waals surface area contributed by atoms with E-state index in [0.717, 1.165) is 43.4 Å². The number of nitrogens with two attached hydrogens (primary N) is 1. The summed E-state index contributed by atoms with van der Waals surface area (Å²) in [6, 6.07) is 13.1. The van der Waals surface area contributed by atoms with Crippen LogP contribution >= 0.6 is 0 Å². The summed E-state index contributed by atoms with van der Waals surface area (Å²) in [5, 5.41) is 9.23. The first-order chi connectivity index (χ1) is 14.4. The predicted octanol–water partition coefficient (Wildman–Crippen LogP) is 3.36. The molecule has 2 aromatic rings. The lowest BCUT2D eigenvalue weighted by Crippen LogP contribution is -2.63. The second kappa shape index (κ2) is 6.55. The molecule has 3 unspecified atom stereocenters. The van der Waals surface area contributed by atoms with Gasteiger partial charge in [0.2, 0.25) is 0 Å². The number of halogens is 1. The lowest BCUT2D eigenvalue weighted by molar-refractivity contribution is -0.00294. The van der Waals surface area contributed by atoms with Gasteiger partial charge in [-0.25, -0.2) is 9.38 Å². The highest BCUT2D eigenvalue weighted by molar-refractivity contribution is 5.81. The molecule has 3 aliphatic rings. The van der Waals surface area contributed by atoms with E-state index in [2.05, 4.69) is 18.2 Å². The minimum Gasteiger partial charge on any atom is -0.381 e. The molecule has 1 heterocycles. The van der Waals surface area contributed by atoms with Gasteiger partial charge >= 0.3 is 0 Å². The third kappa shape index (κ3) is 2.51. The fourth-order valence-corrected chi connectivity index (χ4v) is 5.89. The molecule has 0 saturated heterocycles. The largest absolute Gasteiger partial charge is 0.381 e. The molecular weight excluding hydrogens is 379 g/mol. The van der Waals surface area contributed by atoms with Gasteiger partial charge in [0.1, 0.15) is 11.9 Å². The second-order valence-corrected chi connectivity index (χ2v) is 8.90. The smallest absolute Gasteiger partial charge is 0.191 e. The molecule has 154 valence electrons. The molecule has 0 spiro atoms. The predicted molar refractivity (Wildman–Crippen MR) is 114 cm³/mol. The van der Waals surface area contributed by atoms with E-state index < -0.39 is 5.82 Å². The number of benzene rings is 2. The molecule has 30 heavy (non-hydrogen) atoms. The van der Waals surface area contributed by atoms with Crippen molar-refractivity contribution in [3.05, 3.63) is 58.9 Å². The zero-order chi connectivity index (χ0) is 21.1. The van der Waals surface area contributed by atoms with E-state index in [0.29, 0.717) is 5.96 Å². The van der Waals surface area contributed by atoms with Crippen LogP contribution in [0.2, 0.25) is 0 Å². The number of nitrogens with zero attached hydrogens (tertiary/aromatic N) is 3. The van der Waals surface area contributed by atoms with Gasteiger partial charge in [0.15, 0.2) is 5.96 Å². The summed E-state index contributed by atoms with van der Waals surface area (Å²) in [6.45, 7) is 0.797. The Balaban J connectivity index is 1.67. The van der Waals surface area contributed by atoms with Crippen molar-refractivity contribution in [2.24, 2.45) is 10.7 Å². The van der Waals surface area contributed by atoms with Gasteiger partial charge in [-0.05, 0) is 60.1 Å². The molecule has 5 nitrogen and oxygen atoms in total. The summed E-state index contributed by atoms with van der Waals surface area (Å²) in [4.78, 5) is 7.11. The lowest BCUT2D eigenvalue weighted by atomic mass is 9.59. The highest BCUT2D eigenvalue weighted by Gasteiger charge is 2.62. The maximum atomic E-state index is 13.8. The lowest BCUT2D eigenvalue weighted by Gasteiger charge is -2.54. The standard InChI is InChI=1S/C24H25FN4O/c1-29-14-23-12-19(30-2)7-8-24(23,28-22(29)27)11-17-4-3-16(10-20(17)23)15-5-6-21(25)18(9-15)13-26/h3-6,9-10,19H,7-8,11-12,14H2,1-2H3,(H2,27,28). The number of guanidine groups is 1. The number of nitriles is 1. The van der Waals surface area contributed by atoms with E-state index in [1.807, 2.05) is 18.0 Å². The van der Waals surface area contributed by atoms with Gasteiger partial charge in [0.25, 0.3) is 0 Å². The maximum absolute atomic E-state index is 13.8. The minimum atomic E-state index is -0.492. The molecule has 1 aliphatic heterocycles. The zero-order valence-electron chi connectivity index (χ0n) is 17.3. The molecule has 0 aromatic heterocycles. The van der Waals surface area contributed by atoms with E-state index in [1.54, 1.807) is 19.2 Å². The number of hydrogen-bond acceptors (Lipinski definition) is 5. The molecule has 1 fully saturated rings. The summed E-state index contributed by atoms with van der Waals surface area (Å²) < 4.78 is 19.6. The van der Waals surface area contributed by atoms with Crippen molar-refractivity contribution >= 4 is 5.96 Å². The van der Waals surface area contributed by atoms with Gasteiger partial charge in [-0.15, -0.1) is 0 Å². The van der Waals surface area contributed by atoms with E-state index in [-0.39, 0.29) is 22.6 Å². The van der Waals surface area contributed by atoms with Gasteiger partial charge in [0.05, 0.1) is 17.2 Å². The van der Waals surface area contributed by atoms with Gasteiger partial charge in [-0.2, -0.15) is 5.26 Å². The van der Waals surface area contributed by atoms with Crippen LogP contribution < -0.4 is 5.73 Å². The first kappa shape index (κ1) is 19.1. The molecule has 0 radical (unpaired) electrons. The number of rotatable bonds is 2. The first-order valence-electron chi connectivity index (χ1n) is 10.3. The fourth-order valence-electron chi connectivity index (χ4n) is 5.89. The van der Waals surface area contributed by atoms with Crippen LogP contribution in [-0.2, 0) is 16.6 Å². The number of methoxy groups -OCH3 is 1. The summed E-state index contributed by atoms with van der Waals surface area (Å²) in [7, 11) is 3.78. The second-order valence-electron chi connectivity index (χ2n) is 8.90.